The van der Waals surface area contributed by atoms with Gasteiger partial charge in [0, 0.05) is 56.5 Å². The highest BCUT2D eigenvalue weighted by atomic mass is 16.5. The van der Waals surface area contributed by atoms with Gasteiger partial charge in [0.15, 0.2) is 0 Å². The van der Waals surface area contributed by atoms with Crippen LogP contribution in [0, 0.1) is 11.3 Å². The SMILES string of the molecule is COCC(=O)N1C[C@@H]2CCN(Cc3cnn(C(C)C)c3)C[C@]2(CO)C1. The summed E-state index contributed by atoms with van der Waals surface area (Å²) in [7, 11) is 1.54. The van der Waals surface area contributed by atoms with Crippen LogP contribution in [-0.2, 0) is 16.1 Å². The number of hydrogen-bond donors (Lipinski definition) is 1. The van der Waals surface area contributed by atoms with Crippen molar-refractivity contribution in [3.05, 3.63) is 18.0 Å². The number of rotatable bonds is 6. The molecular weight excluding hydrogens is 320 g/mol. The van der Waals surface area contributed by atoms with Crippen molar-refractivity contribution in [2.24, 2.45) is 11.3 Å². The molecule has 1 aromatic heterocycles. The van der Waals surface area contributed by atoms with Crippen molar-refractivity contribution in [2.75, 3.05) is 46.5 Å². The topological polar surface area (TPSA) is 70.8 Å². The van der Waals surface area contributed by atoms with Gasteiger partial charge in [0.1, 0.15) is 6.61 Å². The van der Waals surface area contributed by atoms with Crippen LogP contribution in [0.2, 0.25) is 0 Å². The fourth-order valence-electron chi connectivity index (χ4n) is 4.24. The molecule has 7 nitrogen and oxygen atoms in total. The number of aliphatic hydroxyl groups excluding tert-OH is 1. The highest BCUT2D eigenvalue weighted by Gasteiger charge is 2.50. The fraction of sp³-hybridized carbons (Fsp3) is 0.778. The molecule has 1 N–H and O–H groups in total. The number of carbonyl (C=O) groups excluding carboxylic acids is 1. The third-order valence-electron chi connectivity index (χ3n) is 5.67. The molecule has 7 heteroatoms. The molecule has 0 unspecified atom stereocenters. The number of aromatic nitrogens is 2. The van der Waals surface area contributed by atoms with E-state index in [9.17, 15) is 9.90 Å². The van der Waals surface area contributed by atoms with Crippen molar-refractivity contribution in [2.45, 2.75) is 32.9 Å². The lowest BCUT2D eigenvalue weighted by Crippen LogP contribution is -2.50. The van der Waals surface area contributed by atoms with Gasteiger partial charge in [-0.15, -0.1) is 0 Å². The monoisotopic (exact) mass is 350 g/mol. The van der Waals surface area contributed by atoms with Crippen LogP contribution >= 0.6 is 0 Å². The van der Waals surface area contributed by atoms with Gasteiger partial charge < -0.3 is 14.7 Å². The number of amides is 1. The summed E-state index contributed by atoms with van der Waals surface area (Å²) in [5, 5.41) is 14.5. The van der Waals surface area contributed by atoms with Crippen molar-refractivity contribution in [1.29, 1.82) is 0 Å². The highest BCUT2D eigenvalue weighted by Crippen LogP contribution is 2.42. The van der Waals surface area contributed by atoms with Gasteiger partial charge in [-0.1, -0.05) is 0 Å². The number of piperidine rings is 1. The molecule has 140 valence electrons. The molecule has 2 saturated heterocycles. The third kappa shape index (κ3) is 3.73. The van der Waals surface area contributed by atoms with E-state index in [0.717, 1.165) is 32.6 Å². The minimum atomic E-state index is -0.213. The molecule has 0 aromatic carbocycles. The number of likely N-dealkylation sites (tertiary alicyclic amines) is 2. The lowest BCUT2D eigenvalue weighted by atomic mass is 9.74. The average Bonchev–Trinajstić information content (AvgIpc) is 3.20. The molecule has 25 heavy (non-hydrogen) atoms. The zero-order valence-corrected chi connectivity index (χ0v) is 15.5. The number of nitrogens with zero attached hydrogens (tertiary/aromatic N) is 4. The van der Waals surface area contributed by atoms with E-state index in [4.69, 9.17) is 4.74 Å². The normalized spacial score (nSPS) is 27.1. The minimum Gasteiger partial charge on any atom is -0.396 e. The summed E-state index contributed by atoms with van der Waals surface area (Å²) < 4.78 is 6.96. The second-order valence-electron chi connectivity index (χ2n) is 7.85. The minimum absolute atomic E-state index is 0.0227. The van der Waals surface area contributed by atoms with Gasteiger partial charge in [-0.3, -0.25) is 14.4 Å². The lowest BCUT2D eigenvalue weighted by Gasteiger charge is -2.42. The Labute approximate surface area is 149 Å². The predicted octanol–water partition coefficient (Wildman–Crippen LogP) is 0.753. The Balaban J connectivity index is 1.66. The molecule has 1 amide bonds. The Morgan fingerprint density at radius 3 is 2.92 bits per heavy atom. The van der Waals surface area contributed by atoms with Crippen LogP contribution in [0.5, 0.6) is 0 Å². The van der Waals surface area contributed by atoms with E-state index in [1.165, 1.54) is 5.56 Å². The standard InChI is InChI=1S/C18H30N4O3/c1-14(2)22-8-15(6-19-22)7-20-5-4-16-9-21(17(24)10-25-3)12-18(16,11-20)13-23/h6,8,14,16,23H,4-5,7,9-13H2,1-3H3/t16-,18+/m0/s1. The van der Waals surface area contributed by atoms with Gasteiger partial charge >= 0.3 is 0 Å². The molecule has 2 fully saturated rings. The Hall–Kier alpha value is -1.44. The van der Waals surface area contributed by atoms with Crippen LogP contribution < -0.4 is 0 Å². The summed E-state index contributed by atoms with van der Waals surface area (Å²) in [6, 6.07) is 0.360. The molecule has 3 rings (SSSR count). The molecule has 0 aliphatic carbocycles. The zero-order valence-electron chi connectivity index (χ0n) is 15.5. The fourth-order valence-corrected chi connectivity index (χ4v) is 4.24. The number of hydrogen-bond acceptors (Lipinski definition) is 5. The maximum absolute atomic E-state index is 12.2. The van der Waals surface area contributed by atoms with Crippen molar-refractivity contribution >= 4 is 5.91 Å². The second-order valence-corrected chi connectivity index (χ2v) is 7.85. The molecule has 1 aromatic rings. The van der Waals surface area contributed by atoms with E-state index >= 15 is 0 Å². The van der Waals surface area contributed by atoms with Gasteiger partial charge in [-0.2, -0.15) is 5.10 Å². The molecule has 0 radical (unpaired) electrons. The zero-order chi connectivity index (χ0) is 18.0. The first-order valence-corrected chi connectivity index (χ1v) is 9.10. The summed E-state index contributed by atoms with van der Waals surface area (Å²) >= 11 is 0. The maximum Gasteiger partial charge on any atom is 0.248 e. The Morgan fingerprint density at radius 2 is 2.28 bits per heavy atom. The third-order valence-corrected chi connectivity index (χ3v) is 5.67. The first kappa shape index (κ1) is 18.4. The first-order chi connectivity index (χ1) is 12.0. The summed E-state index contributed by atoms with van der Waals surface area (Å²) in [5.74, 6) is 0.391. The van der Waals surface area contributed by atoms with E-state index in [1.807, 2.05) is 15.8 Å². The van der Waals surface area contributed by atoms with Crippen molar-refractivity contribution in [3.8, 4) is 0 Å². The van der Waals surface area contributed by atoms with Crippen LogP contribution in [-0.4, -0.2) is 77.1 Å². The van der Waals surface area contributed by atoms with E-state index in [2.05, 4.69) is 30.0 Å². The smallest absolute Gasteiger partial charge is 0.248 e. The second kappa shape index (κ2) is 7.43. The molecular formula is C18H30N4O3. The summed E-state index contributed by atoms with van der Waals surface area (Å²) in [4.78, 5) is 16.4. The molecule has 0 bridgehead atoms. The van der Waals surface area contributed by atoms with E-state index < -0.39 is 0 Å². The quantitative estimate of drug-likeness (QED) is 0.820. The summed E-state index contributed by atoms with van der Waals surface area (Å²) in [5.41, 5.74) is 0.987. The van der Waals surface area contributed by atoms with Crippen molar-refractivity contribution < 1.29 is 14.6 Å². The molecule has 2 atom stereocenters. The van der Waals surface area contributed by atoms with Crippen molar-refractivity contribution in [3.63, 3.8) is 0 Å². The van der Waals surface area contributed by atoms with Gasteiger partial charge in [-0.05, 0) is 32.7 Å². The Morgan fingerprint density at radius 1 is 1.48 bits per heavy atom. The van der Waals surface area contributed by atoms with Gasteiger partial charge in [0.25, 0.3) is 0 Å². The Kier molecular flexibility index (Phi) is 5.46. The molecule has 0 saturated carbocycles. The maximum atomic E-state index is 12.2. The van der Waals surface area contributed by atoms with E-state index in [1.54, 1.807) is 7.11 Å². The Bertz CT molecular complexity index is 603. The van der Waals surface area contributed by atoms with Crippen LogP contribution in [0.1, 0.15) is 31.9 Å². The molecule has 3 heterocycles. The number of aliphatic hydroxyl groups is 1. The molecule has 2 aliphatic heterocycles. The largest absolute Gasteiger partial charge is 0.396 e. The summed E-state index contributed by atoms with van der Waals surface area (Å²) in [6.45, 7) is 8.49. The van der Waals surface area contributed by atoms with Crippen LogP contribution in [0.25, 0.3) is 0 Å². The van der Waals surface area contributed by atoms with Crippen molar-refractivity contribution in [1.82, 2.24) is 19.6 Å². The molecule has 0 spiro atoms. The van der Waals surface area contributed by atoms with E-state index in [0.29, 0.717) is 18.5 Å². The number of fused-ring (bicyclic) bond motifs is 1. The summed E-state index contributed by atoms with van der Waals surface area (Å²) in [6.07, 6.45) is 5.04. The van der Waals surface area contributed by atoms with Gasteiger partial charge in [0.2, 0.25) is 5.91 Å². The van der Waals surface area contributed by atoms with Crippen LogP contribution in [0.3, 0.4) is 0 Å². The van der Waals surface area contributed by atoms with Gasteiger partial charge in [0.05, 0.1) is 12.8 Å². The van der Waals surface area contributed by atoms with Gasteiger partial charge in [-0.25, -0.2) is 0 Å². The predicted molar refractivity (Wildman–Crippen MR) is 94.0 cm³/mol. The van der Waals surface area contributed by atoms with E-state index in [-0.39, 0.29) is 24.5 Å². The average molecular weight is 350 g/mol. The van der Waals surface area contributed by atoms with Crippen LogP contribution in [0.4, 0.5) is 0 Å². The lowest BCUT2D eigenvalue weighted by molar-refractivity contribution is -0.134. The first-order valence-electron chi connectivity index (χ1n) is 9.10. The van der Waals surface area contributed by atoms with Crippen LogP contribution in [0.15, 0.2) is 12.4 Å². The number of methoxy groups -OCH3 is 1. The number of carbonyl (C=O) groups is 1. The highest BCUT2D eigenvalue weighted by molar-refractivity contribution is 5.77. The number of ether oxygens (including phenoxy) is 1. The molecule has 2 aliphatic rings.